The SMILES string of the molecule is Cc1cc(C)c2c3c(C)cc(C)cc3n(-c3c(C#N)c(-c4cccc(-c5ccccc5)c4)cc(-c4cccc(-c5ccccc5)c4)c3C#N)c2c1. The van der Waals surface area contributed by atoms with Gasteiger partial charge in [-0.3, -0.25) is 0 Å². The standard InChI is InChI=1S/C48H35N3/c1-30-21-32(3)46-44(23-30)51(45-24-31(2)22-33(4)47(45)46)48-42(28-49)40(38-19-11-17-36(25-38)34-13-7-5-8-14-34)27-41(43(48)29-50)39-20-12-18-37(26-39)35-15-9-6-10-16-35/h5-27H,1-4H3. The van der Waals surface area contributed by atoms with Gasteiger partial charge in [-0.05, 0) is 114 Å². The molecule has 3 heteroatoms. The number of hydrogen-bond donors (Lipinski definition) is 0. The Morgan fingerprint density at radius 1 is 0.412 bits per heavy atom. The molecule has 1 heterocycles. The van der Waals surface area contributed by atoms with Crippen LogP contribution in [0.25, 0.3) is 72.0 Å². The van der Waals surface area contributed by atoms with Crippen molar-refractivity contribution in [2.24, 2.45) is 0 Å². The molecule has 0 fully saturated rings. The zero-order chi connectivity index (χ0) is 35.2. The first-order chi connectivity index (χ1) is 24.9. The van der Waals surface area contributed by atoms with Crippen molar-refractivity contribution in [2.75, 3.05) is 0 Å². The summed E-state index contributed by atoms with van der Waals surface area (Å²) in [4.78, 5) is 0. The summed E-state index contributed by atoms with van der Waals surface area (Å²) in [5.41, 5.74) is 15.8. The minimum atomic E-state index is 0.469. The van der Waals surface area contributed by atoms with E-state index < -0.39 is 0 Å². The molecular formula is C48H35N3. The zero-order valence-electron chi connectivity index (χ0n) is 29.1. The van der Waals surface area contributed by atoms with Crippen LogP contribution >= 0.6 is 0 Å². The lowest BCUT2D eigenvalue weighted by Gasteiger charge is -2.20. The van der Waals surface area contributed by atoms with E-state index in [1.54, 1.807) is 0 Å². The van der Waals surface area contributed by atoms with Gasteiger partial charge >= 0.3 is 0 Å². The van der Waals surface area contributed by atoms with Crippen LogP contribution in [0.3, 0.4) is 0 Å². The van der Waals surface area contributed by atoms with Crippen molar-refractivity contribution in [1.82, 2.24) is 4.57 Å². The van der Waals surface area contributed by atoms with E-state index in [9.17, 15) is 10.5 Å². The van der Waals surface area contributed by atoms with E-state index in [1.165, 1.54) is 11.1 Å². The summed E-state index contributed by atoms with van der Waals surface area (Å²) in [7, 11) is 0. The number of aromatic nitrogens is 1. The smallest absolute Gasteiger partial charge is 0.102 e. The maximum Gasteiger partial charge on any atom is 0.102 e. The highest BCUT2D eigenvalue weighted by molar-refractivity contribution is 6.13. The van der Waals surface area contributed by atoms with Crippen LogP contribution in [-0.2, 0) is 0 Å². The Bertz CT molecular complexity index is 2550. The monoisotopic (exact) mass is 653 g/mol. The molecule has 0 atom stereocenters. The van der Waals surface area contributed by atoms with Gasteiger partial charge in [0.2, 0.25) is 0 Å². The van der Waals surface area contributed by atoms with E-state index in [2.05, 4.69) is 135 Å². The minimum absolute atomic E-state index is 0.469. The van der Waals surface area contributed by atoms with Gasteiger partial charge in [-0.1, -0.05) is 109 Å². The molecule has 51 heavy (non-hydrogen) atoms. The molecule has 242 valence electrons. The van der Waals surface area contributed by atoms with Crippen LogP contribution in [0, 0.1) is 50.4 Å². The van der Waals surface area contributed by atoms with Crippen LogP contribution in [0.4, 0.5) is 0 Å². The van der Waals surface area contributed by atoms with E-state index in [0.717, 1.165) is 77.4 Å². The molecule has 0 amide bonds. The highest BCUT2D eigenvalue weighted by Crippen LogP contribution is 2.44. The third-order valence-electron chi connectivity index (χ3n) is 9.96. The highest BCUT2D eigenvalue weighted by atomic mass is 15.0. The fourth-order valence-electron chi connectivity index (χ4n) is 7.83. The van der Waals surface area contributed by atoms with Crippen molar-refractivity contribution < 1.29 is 0 Å². The molecule has 0 unspecified atom stereocenters. The predicted molar refractivity (Wildman–Crippen MR) is 211 cm³/mol. The summed E-state index contributed by atoms with van der Waals surface area (Å²) >= 11 is 0. The van der Waals surface area contributed by atoms with E-state index in [4.69, 9.17) is 0 Å². The van der Waals surface area contributed by atoms with E-state index in [-0.39, 0.29) is 0 Å². The van der Waals surface area contributed by atoms with E-state index >= 15 is 0 Å². The van der Waals surface area contributed by atoms with Crippen molar-refractivity contribution in [2.45, 2.75) is 27.7 Å². The van der Waals surface area contributed by atoms with Crippen LogP contribution in [0.5, 0.6) is 0 Å². The fourth-order valence-corrected chi connectivity index (χ4v) is 7.83. The molecule has 8 aromatic rings. The quantitative estimate of drug-likeness (QED) is 0.186. The first-order valence-electron chi connectivity index (χ1n) is 17.2. The normalized spacial score (nSPS) is 11.1. The lowest BCUT2D eigenvalue weighted by Crippen LogP contribution is -2.06. The lowest BCUT2D eigenvalue weighted by atomic mass is 9.87. The van der Waals surface area contributed by atoms with Crippen LogP contribution in [0.1, 0.15) is 33.4 Å². The summed E-state index contributed by atoms with van der Waals surface area (Å²) < 4.78 is 2.19. The Hall–Kier alpha value is -6.68. The lowest BCUT2D eigenvalue weighted by molar-refractivity contribution is 1.15. The third kappa shape index (κ3) is 5.37. The van der Waals surface area contributed by atoms with Gasteiger partial charge in [-0.2, -0.15) is 10.5 Å². The zero-order valence-corrected chi connectivity index (χ0v) is 29.1. The fraction of sp³-hybridized carbons (Fsp3) is 0.0833. The molecular weight excluding hydrogens is 619 g/mol. The molecule has 0 N–H and O–H groups in total. The van der Waals surface area contributed by atoms with Crippen molar-refractivity contribution in [3.8, 4) is 62.3 Å². The van der Waals surface area contributed by atoms with Gasteiger partial charge in [-0.15, -0.1) is 0 Å². The minimum Gasteiger partial charge on any atom is -0.307 e. The maximum absolute atomic E-state index is 11.2. The first kappa shape index (κ1) is 31.6. The maximum atomic E-state index is 11.2. The van der Waals surface area contributed by atoms with Gasteiger partial charge in [-0.25, -0.2) is 0 Å². The van der Waals surface area contributed by atoms with Gasteiger partial charge in [0, 0.05) is 21.9 Å². The van der Waals surface area contributed by atoms with Gasteiger partial charge < -0.3 is 4.57 Å². The summed E-state index contributed by atoms with van der Waals surface area (Å²) in [6.45, 7) is 8.52. The van der Waals surface area contributed by atoms with Gasteiger partial charge in [0.25, 0.3) is 0 Å². The molecule has 1 aromatic heterocycles. The second-order valence-electron chi connectivity index (χ2n) is 13.5. The van der Waals surface area contributed by atoms with Crippen LogP contribution in [0.15, 0.2) is 140 Å². The Balaban J connectivity index is 1.54. The molecule has 0 spiro atoms. The van der Waals surface area contributed by atoms with Crippen LogP contribution in [-0.4, -0.2) is 4.57 Å². The second kappa shape index (κ2) is 12.6. The molecule has 0 radical (unpaired) electrons. The van der Waals surface area contributed by atoms with E-state index in [0.29, 0.717) is 16.8 Å². The Morgan fingerprint density at radius 3 is 1.22 bits per heavy atom. The summed E-state index contributed by atoms with van der Waals surface area (Å²) in [5.74, 6) is 0. The average Bonchev–Trinajstić information content (AvgIpc) is 3.48. The third-order valence-corrected chi connectivity index (χ3v) is 9.96. The van der Waals surface area contributed by atoms with Gasteiger partial charge in [0.1, 0.15) is 12.1 Å². The Kier molecular flexibility index (Phi) is 7.83. The molecule has 8 rings (SSSR count). The summed E-state index contributed by atoms with van der Waals surface area (Å²) in [6.07, 6.45) is 0. The predicted octanol–water partition coefficient (Wildman–Crippen LogP) is 12.4. The van der Waals surface area contributed by atoms with Crippen molar-refractivity contribution in [3.05, 3.63) is 173 Å². The Labute approximate surface area is 298 Å². The molecule has 0 aliphatic heterocycles. The molecule has 7 aromatic carbocycles. The summed E-state index contributed by atoms with van der Waals surface area (Å²) in [6, 6.07) is 53.4. The second-order valence-corrected chi connectivity index (χ2v) is 13.5. The molecule has 0 aliphatic rings. The van der Waals surface area contributed by atoms with E-state index in [1.807, 2.05) is 48.5 Å². The van der Waals surface area contributed by atoms with Crippen molar-refractivity contribution in [3.63, 3.8) is 0 Å². The van der Waals surface area contributed by atoms with Crippen LogP contribution < -0.4 is 0 Å². The molecule has 0 aliphatic carbocycles. The number of benzene rings is 7. The number of rotatable bonds is 5. The number of nitrogens with zero attached hydrogens (tertiary/aromatic N) is 3. The average molecular weight is 654 g/mol. The number of nitriles is 2. The molecule has 0 bridgehead atoms. The molecule has 3 nitrogen and oxygen atoms in total. The van der Waals surface area contributed by atoms with Gasteiger partial charge in [0.05, 0.1) is 27.8 Å². The first-order valence-corrected chi connectivity index (χ1v) is 17.2. The molecule has 0 saturated heterocycles. The Morgan fingerprint density at radius 2 is 0.804 bits per heavy atom. The highest BCUT2D eigenvalue weighted by Gasteiger charge is 2.26. The number of hydrogen-bond acceptors (Lipinski definition) is 2. The number of aryl methyl sites for hydroxylation is 4. The largest absolute Gasteiger partial charge is 0.307 e. The molecule has 0 saturated carbocycles. The number of fused-ring (bicyclic) bond motifs is 3. The van der Waals surface area contributed by atoms with Gasteiger partial charge in [0.15, 0.2) is 0 Å². The van der Waals surface area contributed by atoms with Crippen LogP contribution in [0.2, 0.25) is 0 Å². The van der Waals surface area contributed by atoms with Crippen molar-refractivity contribution in [1.29, 1.82) is 10.5 Å². The summed E-state index contributed by atoms with van der Waals surface area (Å²) in [5, 5.41) is 24.7. The topological polar surface area (TPSA) is 52.5 Å². The van der Waals surface area contributed by atoms with Crippen molar-refractivity contribution >= 4 is 21.8 Å².